The Kier molecular flexibility index (Phi) is 2.50. The van der Waals surface area contributed by atoms with Crippen LogP contribution in [0.4, 0.5) is 0 Å². The normalized spacial score (nSPS) is 20.4. The van der Waals surface area contributed by atoms with Crippen molar-refractivity contribution in [1.29, 1.82) is 0 Å². The summed E-state index contributed by atoms with van der Waals surface area (Å²) in [6.45, 7) is 6.01. The van der Waals surface area contributed by atoms with Crippen LogP contribution in [0.3, 0.4) is 0 Å². The minimum atomic E-state index is 0.0242. The number of hydrogen-bond acceptors (Lipinski definition) is 2. The number of aliphatic imine (C=N–C) groups is 1. The van der Waals surface area contributed by atoms with Crippen molar-refractivity contribution in [1.82, 2.24) is 5.32 Å². The third kappa shape index (κ3) is 2.32. The summed E-state index contributed by atoms with van der Waals surface area (Å²) in [6.07, 6.45) is 2.46. The first-order chi connectivity index (χ1) is 5.53. The first-order valence-corrected chi connectivity index (χ1v) is 4.42. The molecule has 0 aromatic heterocycles. The van der Waals surface area contributed by atoms with E-state index in [9.17, 15) is 4.79 Å². The van der Waals surface area contributed by atoms with Crippen LogP contribution in [0.1, 0.15) is 40.0 Å². The van der Waals surface area contributed by atoms with Crippen LogP contribution < -0.4 is 5.32 Å². The number of amides is 1. The van der Waals surface area contributed by atoms with Crippen LogP contribution in [0, 0.1) is 0 Å². The summed E-state index contributed by atoms with van der Waals surface area (Å²) >= 11 is 0. The number of hydrogen-bond donors (Lipinski definition) is 1. The molecule has 1 aliphatic rings. The monoisotopic (exact) mass is 168 g/mol. The molecule has 0 radical (unpaired) electrons. The predicted molar refractivity (Wildman–Crippen MR) is 49.2 cm³/mol. The summed E-state index contributed by atoms with van der Waals surface area (Å²) in [5.74, 6) is 0.915. The lowest BCUT2D eigenvalue weighted by molar-refractivity contribution is -0.119. The molecule has 1 rings (SSSR count). The average molecular weight is 168 g/mol. The van der Waals surface area contributed by atoms with Crippen LogP contribution in [0.2, 0.25) is 0 Å². The van der Waals surface area contributed by atoms with Crippen molar-refractivity contribution in [3.8, 4) is 0 Å². The molecule has 0 atom stereocenters. The molecule has 0 bridgehead atoms. The summed E-state index contributed by atoms with van der Waals surface area (Å²) in [5, 5.41) is 2.80. The Morgan fingerprint density at radius 2 is 2.33 bits per heavy atom. The second kappa shape index (κ2) is 3.25. The Morgan fingerprint density at radius 1 is 1.67 bits per heavy atom. The maximum absolute atomic E-state index is 11.0. The van der Waals surface area contributed by atoms with Crippen molar-refractivity contribution in [2.75, 3.05) is 0 Å². The third-order valence-corrected chi connectivity index (χ3v) is 2.02. The van der Waals surface area contributed by atoms with Gasteiger partial charge in [0.1, 0.15) is 5.84 Å². The largest absolute Gasteiger partial charge is 0.315 e. The van der Waals surface area contributed by atoms with Crippen molar-refractivity contribution in [2.24, 2.45) is 4.99 Å². The number of nitrogens with one attached hydrogen (secondary N) is 1. The molecule has 3 nitrogen and oxygen atoms in total. The van der Waals surface area contributed by atoms with E-state index in [1.807, 2.05) is 6.92 Å². The highest BCUT2D eigenvalue weighted by atomic mass is 16.1. The van der Waals surface area contributed by atoms with Crippen molar-refractivity contribution in [2.45, 2.75) is 45.6 Å². The van der Waals surface area contributed by atoms with Crippen LogP contribution >= 0.6 is 0 Å². The molecule has 0 spiro atoms. The molecule has 0 unspecified atom stereocenters. The molecular formula is C9H16N2O. The molecule has 12 heavy (non-hydrogen) atoms. The van der Waals surface area contributed by atoms with Gasteiger partial charge in [0.15, 0.2) is 0 Å². The zero-order valence-corrected chi connectivity index (χ0v) is 7.98. The fourth-order valence-corrected chi connectivity index (χ4v) is 1.24. The fourth-order valence-electron chi connectivity index (χ4n) is 1.24. The lowest BCUT2D eigenvalue weighted by Gasteiger charge is -2.10. The standard InChI is InChI=1S/C9H16N2O/c1-4-8(12)10-7-5-6-9(2,3)11-7/h4-6H2,1-3H3,(H,10,11,12). The fraction of sp³-hybridized carbons (Fsp3) is 0.778. The van der Waals surface area contributed by atoms with Gasteiger partial charge in [-0.25, -0.2) is 0 Å². The SMILES string of the molecule is CCC(=O)NC1=NC(C)(C)CC1. The number of rotatable bonds is 1. The van der Waals surface area contributed by atoms with E-state index in [1.165, 1.54) is 0 Å². The molecular weight excluding hydrogens is 152 g/mol. The molecule has 0 fully saturated rings. The summed E-state index contributed by atoms with van der Waals surface area (Å²) < 4.78 is 0. The van der Waals surface area contributed by atoms with E-state index in [0.717, 1.165) is 18.7 Å². The third-order valence-electron chi connectivity index (χ3n) is 2.02. The van der Waals surface area contributed by atoms with Gasteiger partial charge in [-0.2, -0.15) is 0 Å². The van der Waals surface area contributed by atoms with Gasteiger partial charge in [-0.15, -0.1) is 0 Å². The topological polar surface area (TPSA) is 41.5 Å². The Morgan fingerprint density at radius 3 is 2.75 bits per heavy atom. The van der Waals surface area contributed by atoms with E-state index in [0.29, 0.717) is 6.42 Å². The van der Waals surface area contributed by atoms with Crippen molar-refractivity contribution >= 4 is 11.7 Å². The highest BCUT2D eigenvalue weighted by molar-refractivity contribution is 5.99. The molecule has 0 aliphatic carbocycles. The molecule has 0 aromatic carbocycles. The zero-order chi connectivity index (χ0) is 9.19. The first kappa shape index (κ1) is 9.23. The minimum absolute atomic E-state index is 0.0242. The molecule has 0 saturated carbocycles. The predicted octanol–water partition coefficient (Wildman–Crippen LogP) is 1.48. The Labute approximate surface area is 73.3 Å². The maximum Gasteiger partial charge on any atom is 0.224 e. The van der Waals surface area contributed by atoms with E-state index in [4.69, 9.17) is 0 Å². The van der Waals surface area contributed by atoms with Gasteiger partial charge in [0.25, 0.3) is 0 Å². The molecule has 0 saturated heterocycles. The molecule has 1 N–H and O–H groups in total. The number of nitrogens with zero attached hydrogens (tertiary/aromatic N) is 1. The summed E-state index contributed by atoms with van der Waals surface area (Å²) in [7, 11) is 0. The molecule has 1 amide bonds. The molecule has 68 valence electrons. The number of carbonyl (C=O) groups is 1. The highest BCUT2D eigenvalue weighted by Gasteiger charge is 2.24. The lowest BCUT2D eigenvalue weighted by Crippen LogP contribution is -2.28. The van der Waals surface area contributed by atoms with Gasteiger partial charge in [0.05, 0.1) is 5.54 Å². The lowest BCUT2D eigenvalue weighted by atomic mass is 10.0. The number of carbonyl (C=O) groups excluding carboxylic acids is 1. The second-order valence-electron chi connectivity index (χ2n) is 3.77. The maximum atomic E-state index is 11.0. The Balaban J connectivity index is 2.50. The molecule has 1 heterocycles. The van der Waals surface area contributed by atoms with E-state index in [2.05, 4.69) is 24.2 Å². The quantitative estimate of drug-likeness (QED) is 0.633. The average Bonchev–Trinajstić information content (AvgIpc) is 2.30. The highest BCUT2D eigenvalue weighted by Crippen LogP contribution is 2.23. The Hall–Kier alpha value is -0.860. The zero-order valence-electron chi connectivity index (χ0n) is 7.98. The van der Waals surface area contributed by atoms with E-state index < -0.39 is 0 Å². The van der Waals surface area contributed by atoms with Gasteiger partial charge in [0.2, 0.25) is 5.91 Å². The van der Waals surface area contributed by atoms with Gasteiger partial charge in [-0.1, -0.05) is 6.92 Å². The second-order valence-corrected chi connectivity index (χ2v) is 3.77. The first-order valence-electron chi connectivity index (χ1n) is 4.42. The molecule has 1 aliphatic heterocycles. The van der Waals surface area contributed by atoms with Gasteiger partial charge in [0, 0.05) is 12.8 Å². The molecule has 0 aromatic rings. The van der Waals surface area contributed by atoms with Crippen molar-refractivity contribution in [3.05, 3.63) is 0 Å². The van der Waals surface area contributed by atoms with Crippen LogP contribution in [0.5, 0.6) is 0 Å². The van der Waals surface area contributed by atoms with E-state index >= 15 is 0 Å². The van der Waals surface area contributed by atoms with Crippen LogP contribution in [0.15, 0.2) is 4.99 Å². The van der Waals surface area contributed by atoms with Gasteiger partial charge >= 0.3 is 0 Å². The van der Waals surface area contributed by atoms with Gasteiger partial charge in [-0.3, -0.25) is 9.79 Å². The molecule has 3 heteroatoms. The summed E-state index contributed by atoms with van der Waals surface area (Å²) in [6, 6.07) is 0. The number of amidine groups is 1. The summed E-state index contributed by atoms with van der Waals surface area (Å²) in [4.78, 5) is 15.4. The summed E-state index contributed by atoms with van der Waals surface area (Å²) in [5.41, 5.74) is 0.0242. The van der Waals surface area contributed by atoms with E-state index in [1.54, 1.807) is 0 Å². The van der Waals surface area contributed by atoms with E-state index in [-0.39, 0.29) is 11.4 Å². The van der Waals surface area contributed by atoms with Gasteiger partial charge in [-0.05, 0) is 20.3 Å². The minimum Gasteiger partial charge on any atom is -0.315 e. The van der Waals surface area contributed by atoms with Gasteiger partial charge < -0.3 is 5.32 Å². The van der Waals surface area contributed by atoms with Crippen molar-refractivity contribution in [3.63, 3.8) is 0 Å². The van der Waals surface area contributed by atoms with Crippen LogP contribution in [-0.4, -0.2) is 17.3 Å². The Bertz CT molecular complexity index is 219. The van der Waals surface area contributed by atoms with Crippen molar-refractivity contribution < 1.29 is 4.79 Å². The van der Waals surface area contributed by atoms with Crippen LogP contribution in [-0.2, 0) is 4.79 Å². The smallest absolute Gasteiger partial charge is 0.224 e. The van der Waals surface area contributed by atoms with Crippen LogP contribution in [0.25, 0.3) is 0 Å².